The minimum atomic E-state index is -1.37. The van der Waals surface area contributed by atoms with E-state index in [1.807, 2.05) is 35.0 Å². The molecule has 0 fully saturated rings. The third kappa shape index (κ3) is 3.44. The van der Waals surface area contributed by atoms with Crippen LogP contribution in [0.15, 0.2) is 30.5 Å². The number of aryl methyl sites for hydroxylation is 1. The fourth-order valence-corrected chi connectivity index (χ4v) is 2.62. The fourth-order valence-electron chi connectivity index (χ4n) is 2.62. The van der Waals surface area contributed by atoms with Crippen LogP contribution in [0.5, 0.6) is 0 Å². The van der Waals surface area contributed by atoms with Crippen LogP contribution in [-0.2, 0) is 13.0 Å². The van der Waals surface area contributed by atoms with E-state index in [9.17, 15) is 15.3 Å². The largest absolute Gasteiger partial charge is 0.394 e. The molecule has 116 valence electrons. The molecule has 2 rings (SSSR count). The van der Waals surface area contributed by atoms with Gasteiger partial charge in [0.1, 0.15) is 18.3 Å². The third-order valence-corrected chi connectivity index (χ3v) is 3.75. The summed E-state index contributed by atoms with van der Waals surface area (Å²) in [6.07, 6.45) is 0.115. The van der Waals surface area contributed by atoms with Gasteiger partial charge >= 0.3 is 0 Å². The number of rotatable bonds is 7. The summed E-state index contributed by atoms with van der Waals surface area (Å²) >= 11 is 0. The average molecular weight is 293 g/mol. The number of aliphatic hydroxyl groups excluding tert-OH is 4. The quantitative estimate of drug-likeness (QED) is 0.604. The Hall–Kier alpha value is -1.40. The van der Waals surface area contributed by atoms with Gasteiger partial charge in [0, 0.05) is 17.1 Å². The van der Waals surface area contributed by atoms with Crippen molar-refractivity contribution in [1.29, 1.82) is 0 Å². The molecule has 1 aromatic carbocycles. The maximum absolute atomic E-state index is 10.0. The van der Waals surface area contributed by atoms with Crippen molar-refractivity contribution in [2.75, 3.05) is 6.61 Å². The molecule has 0 aliphatic rings. The van der Waals surface area contributed by atoms with Gasteiger partial charge in [-0.25, -0.2) is 0 Å². The second kappa shape index (κ2) is 7.04. The molecule has 0 amide bonds. The standard InChI is InChI=1S/C16H23NO4/c1-2-5-11-8-17(13-7-4-3-6-12(11)13)9-14(19)16(21)15(20)10-18/h3-4,6-8,14-16,18-21H,2,5,9-10H2,1H3. The zero-order chi connectivity index (χ0) is 15.4. The first kappa shape index (κ1) is 16.0. The maximum atomic E-state index is 10.0. The Morgan fingerprint density at radius 3 is 2.48 bits per heavy atom. The van der Waals surface area contributed by atoms with Crippen LogP contribution in [0.25, 0.3) is 10.9 Å². The lowest BCUT2D eigenvalue weighted by molar-refractivity contribution is -0.0803. The molecular formula is C16H23NO4. The van der Waals surface area contributed by atoms with E-state index in [1.165, 1.54) is 5.56 Å². The topological polar surface area (TPSA) is 85.9 Å². The molecule has 3 atom stereocenters. The van der Waals surface area contributed by atoms with Crippen molar-refractivity contribution < 1.29 is 20.4 Å². The van der Waals surface area contributed by atoms with Crippen molar-refractivity contribution in [2.45, 2.75) is 44.6 Å². The average Bonchev–Trinajstić information content (AvgIpc) is 2.84. The van der Waals surface area contributed by atoms with Crippen LogP contribution in [0.3, 0.4) is 0 Å². The van der Waals surface area contributed by atoms with E-state index in [0.29, 0.717) is 0 Å². The molecule has 21 heavy (non-hydrogen) atoms. The highest BCUT2D eigenvalue weighted by Crippen LogP contribution is 2.23. The van der Waals surface area contributed by atoms with Gasteiger partial charge < -0.3 is 25.0 Å². The van der Waals surface area contributed by atoms with Gasteiger partial charge in [-0.1, -0.05) is 31.5 Å². The summed E-state index contributed by atoms with van der Waals surface area (Å²) in [5, 5.41) is 39.2. The first-order chi connectivity index (χ1) is 10.1. The molecule has 0 saturated carbocycles. The Labute approximate surface area is 124 Å². The first-order valence-corrected chi connectivity index (χ1v) is 7.30. The number of hydrogen-bond acceptors (Lipinski definition) is 4. The second-order valence-corrected chi connectivity index (χ2v) is 5.38. The number of nitrogens with zero attached hydrogens (tertiary/aromatic N) is 1. The second-order valence-electron chi connectivity index (χ2n) is 5.38. The van der Waals surface area contributed by atoms with Crippen LogP contribution in [0, 0.1) is 0 Å². The predicted octanol–water partition coefficient (Wildman–Crippen LogP) is 0.669. The molecule has 1 aromatic heterocycles. The van der Waals surface area contributed by atoms with Crippen molar-refractivity contribution in [3.8, 4) is 0 Å². The van der Waals surface area contributed by atoms with Gasteiger partial charge in [0.15, 0.2) is 0 Å². The molecule has 0 saturated heterocycles. The maximum Gasteiger partial charge on any atom is 0.110 e. The predicted molar refractivity (Wildman–Crippen MR) is 81.0 cm³/mol. The zero-order valence-electron chi connectivity index (χ0n) is 12.2. The van der Waals surface area contributed by atoms with Gasteiger partial charge in [0.2, 0.25) is 0 Å². The number of aromatic nitrogens is 1. The SMILES string of the molecule is CCCc1cn(CC(O)C(O)C(O)CO)c2ccccc12. The van der Waals surface area contributed by atoms with Crippen molar-refractivity contribution in [1.82, 2.24) is 4.57 Å². The van der Waals surface area contributed by atoms with Crippen LogP contribution in [0.4, 0.5) is 0 Å². The third-order valence-electron chi connectivity index (χ3n) is 3.75. The molecule has 0 radical (unpaired) electrons. The Balaban J connectivity index is 2.26. The number of para-hydroxylation sites is 1. The first-order valence-electron chi connectivity index (χ1n) is 7.30. The highest BCUT2D eigenvalue weighted by Gasteiger charge is 2.24. The summed E-state index contributed by atoms with van der Waals surface area (Å²) < 4.78 is 1.89. The monoisotopic (exact) mass is 293 g/mol. The van der Waals surface area contributed by atoms with Gasteiger partial charge in [-0.05, 0) is 18.1 Å². The van der Waals surface area contributed by atoms with E-state index in [0.717, 1.165) is 23.7 Å². The van der Waals surface area contributed by atoms with Gasteiger partial charge in [-0.15, -0.1) is 0 Å². The summed E-state index contributed by atoms with van der Waals surface area (Å²) in [4.78, 5) is 0. The lowest BCUT2D eigenvalue weighted by Crippen LogP contribution is -2.41. The molecule has 2 aromatic rings. The van der Waals surface area contributed by atoms with E-state index in [2.05, 4.69) is 6.92 Å². The van der Waals surface area contributed by atoms with Crippen LogP contribution in [0.2, 0.25) is 0 Å². The van der Waals surface area contributed by atoms with Crippen molar-refractivity contribution in [2.24, 2.45) is 0 Å². The molecule has 5 heteroatoms. The molecular weight excluding hydrogens is 270 g/mol. The summed E-state index contributed by atoms with van der Waals surface area (Å²) in [7, 11) is 0. The Kier molecular flexibility index (Phi) is 5.36. The minimum Gasteiger partial charge on any atom is -0.394 e. The number of fused-ring (bicyclic) bond motifs is 1. The van der Waals surface area contributed by atoms with Gasteiger partial charge in [-0.3, -0.25) is 0 Å². The van der Waals surface area contributed by atoms with Crippen molar-refractivity contribution >= 4 is 10.9 Å². The zero-order valence-corrected chi connectivity index (χ0v) is 12.2. The van der Waals surface area contributed by atoms with Crippen LogP contribution >= 0.6 is 0 Å². The van der Waals surface area contributed by atoms with Crippen molar-refractivity contribution in [3.63, 3.8) is 0 Å². The Bertz CT molecular complexity index is 581. The molecule has 0 spiro atoms. The lowest BCUT2D eigenvalue weighted by Gasteiger charge is -2.22. The molecule has 1 heterocycles. The Morgan fingerprint density at radius 1 is 1.10 bits per heavy atom. The van der Waals surface area contributed by atoms with E-state index < -0.39 is 24.9 Å². The number of hydrogen-bond donors (Lipinski definition) is 4. The van der Waals surface area contributed by atoms with Crippen LogP contribution in [-0.4, -0.2) is 49.9 Å². The van der Waals surface area contributed by atoms with Gasteiger partial charge in [-0.2, -0.15) is 0 Å². The van der Waals surface area contributed by atoms with Gasteiger partial charge in [0.05, 0.1) is 13.2 Å². The summed E-state index contributed by atoms with van der Waals surface area (Å²) in [5.74, 6) is 0. The van der Waals surface area contributed by atoms with E-state index in [4.69, 9.17) is 5.11 Å². The highest BCUT2D eigenvalue weighted by atomic mass is 16.4. The molecule has 3 unspecified atom stereocenters. The fraction of sp³-hybridized carbons (Fsp3) is 0.500. The van der Waals surface area contributed by atoms with Crippen molar-refractivity contribution in [3.05, 3.63) is 36.0 Å². The molecule has 0 aliphatic carbocycles. The minimum absolute atomic E-state index is 0.169. The molecule has 4 N–H and O–H groups in total. The Morgan fingerprint density at radius 2 is 1.81 bits per heavy atom. The number of aliphatic hydroxyl groups is 4. The highest BCUT2D eigenvalue weighted by molar-refractivity contribution is 5.84. The normalized spacial score (nSPS) is 16.0. The van der Waals surface area contributed by atoms with E-state index >= 15 is 0 Å². The number of benzene rings is 1. The summed E-state index contributed by atoms with van der Waals surface area (Å²) in [5.41, 5.74) is 2.20. The smallest absolute Gasteiger partial charge is 0.110 e. The lowest BCUT2D eigenvalue weighted by atomic mass is 10.1. The summed E-state index contributed by atoms with van der Waals surface area (Å²) in [6.45, 7) is 1.70. The van der Waals surface area contributed by atoms with E-state index in [1.54, 1.807) is 0 Å². The molecule has 0 bridgehead atoms. The van der Waals surface area contributed by atoms with Gasteiger partial charge in [0.25, 0.3) is 0 Å². The van der Waals surface area contributed by atoms with E-state index in [-0.39, 0.29) is 6.54 Å². The van der Waals surface area contributed by atoms with Crippen LogP contribution in [0.1, 0.15) is 18.9 Å². The molecule has 0 aliphatic heterocycles. The summed E-state index contributed by atoms with van der Waals surface area (Å²) in [6, 6.07) is 7.92. The molecule has 5 nitrogen and oxygen atoms in total. The van der Waals surface area contributed by atoms with Crippen LogP contribution < -0.4 is 0 Å².